The summed E-state index contributed by atoms with van der Waals surface area (Å²) in [6.45, 7) is -0.325. The molecule has 1 aromatic heterocycles. The largest absolute Gasteiger partial charge is 0.471 e. The van der Waals surface area contributed by atoms with Gasteiger partial charge in [0.05, 0.1) is 18.1 Å². The summed E-state index contributed by atoms with van der Waals surface area (Å²) in [6.07, 6.45) is -4.94. The zero-order valence-corrected chi connectivity index (χ0v) is 11.9. The maximum atomic E-state index is 12.1. The Morgan fingerprint density at radius 3 is 2.65 bits per heavy atom. The maximum absolute atomic E-state index is 12.1. The molecule has 0 spiro atoms. The lowest BCUT2D eigenvalue weighted by atomic mass is 10.1. The van der Waals surface area contributed by atoms with E-state index in [0.29, 0.717) is 0 Å². The highest BCUT2D eigenvalue weighted by Crippen LogP contribution is 2.31. The van der Waals surface area contributed by atoms with Crippen molar-refractivity contribution in [1.29, 1.82) is 0 Å². The van der Waals surface area contributed by atoms with Gasteiger partial charge in [0.1, 0.15) is 6.20 Å². The summed E-state index contributed by atoms with van der Waals surface area (Å²) in [5.41, 5.74) is -0.172. The van der Waals surface area contributed by atoms with Gasteiger partial charge in [0.2, 0.25) is 6.29 Å². The van der Waals surface area contributed by atoms with Crippen molar-refractivity contribution in [1.82, 2.24) is 15.1 Å². The summed E-state index contributed by atoms with van der Waals surface area (Å²) in [6, 6.07) is 0. The molecule has 0 aliphatic carbocycles. The van der Waals surface area contributed by atoms with Crippen molar-refractivity contribution >= 4 is 11.6 Å². The normalized spacial score (nSPS) is 21.9. The number of nitro groups is 1. The molecule has 0 saturated carbocycles. The van der Waals surface area contributed by atoms with Gasteiger partial charge in [-0.15, -0.1) is 0 Å². The van der Waals surface area contributed by atoms with Gasteiger partial charge in [0.15, 0.2) is 5.69 Å². The van der Waals surface area contributed by atoms with E-state index in [-0.39, 0.29) is 31.1 Å². The predicted octanol–water partition coefficient (Wildman–Crippen LogP) is 0.668. The molecular weight excluding hydrogens is 325 g/mol. The summed E-state index contributed by atoms with van der Waals surface area (Å²) in [4.78, 5) is 21.0. The SMILES string of the molecule is Cn1ncc([N+](=O)[O-])c1C1OCC(CNC(=O)C(F)(F)F)CO1. The minimum Gasteiger partial charge on any atom is -0.348 e. The Labute approximate surface area is 127 Å². The fourth-order valence-electron chi connectivity index (χ4n) is 2.01. The summed E-state index contributed by atoms with van der Waals surface area (Å²) in [7, 11) is 1.48. The molecule has 1 N–H and O–H groups in total. The van der Waals surface area contributed by atoms with Crippen molar-refractivity contribution in [2.24, 2.45) is 13.0 Å². The van der Waals surface area contributed by atoms with Crippen LogP contribution in [0, 0.1) is 16.0 Å². The van der Waals surface area contributed by atoms with Gasteiger partial charge in [0, 0.05) is 19.5 Å². The predicted molar refractivity (Wildman–Crippen MR) is 67.1 cm³/mol. The number of carbonyl (C=O) groups excluding carboxylic acids is 1. The molecule has 23 heavy (non-hydrogen) atoms. The molecule has 1 aliphatic heterocycles. The molecule has 1 fully saturated rings. The molecule has 2 rings (SSSR count). The number of alkyl halides is 3. The van der Waals surface area contributed by atoms with Gasteiger partial charge in [-0.1, -0.05) is 0 Å². The van der Waals surface area contributed by atoms with Crippen LogP contribution in [0.25, 0.3) is 0 Å². The van der Waals surface area contributed by atoms with Gasteiger partial charge >= 0.3 is 17.8 Å². The number of aryl methyl sites for hydroxylation is 1. The smallest absolute Gasteiger partial charge is 0.348 e. The van der Waals surface area contributed by atoms with E-state index in [1.807, 2.05) is 0 Å². The molecule has 12 heteroatoms. The van der Waals surface area contributed by atoms with Crippen LogP contribution in [0.1, 0.15) is 12.0 Å². The highest BCUT2D eigenvalue weighted by Gasteiger charge is 2.39. The molecule has 0 unspecified atom stereocenters. The number of amides is 1. The molecule has 1 aliphatic rings. The second-order valence-corrected chi connectivity index (χ2v) is 4.87. The number of nitrogens with zero attached hydrogens (tertiary/aromatic N) is 3. The fraction of sp³-hybridized carbons (Fsp3) is 0.636. The first-order valence-corrected chi connectivity index (χ1v) is 6.44. The van der Waals surface area contributed by atoms with Crippen LogP contribution in [0.2, 0.25) is 0 Å². The van der Waals surface area contributed by atoms with Crippen molar-refractivity contribution in [2.45, 2.75) is 12.5 Å². The van der Waals surface area contributed by atoms with E-state index in [9.17, 15) is 28.1 Å². The molecule has 1 saturated heterocycles. The van der Waals surface area contributed by atoms with Crippen LogP contribution in [-0.4, -0.2) is 46.5 Å². The van der Waals surface area contributed by atoms with Gasteiger partial charge in [0.25, 0.3) is 0 Å². The van der Waals surface area contributed by atoms with E-state index < -0.39 is 29.2 Å². The molecular formula is C11H13F3N4O5. The number of hydrogen-bond donors (Lipinski definition) is 1. The monoisotopic (exact) mass is 338 g/mol. The van der Waals surface area contributed by atoms with E-state index in [4.69, 9.17) is 9.47 Å². The standard InChI is InChI=1S/C11H13F3N4O5/c1-17-8(7(3-16-17)18(20)21)9-22-4-6(5-23-9)2-15-10(19)11(12,13)14/h3,6,9H,2,4-5H2,1H3,(H,15,19). The summed E-state index contributed by atoms with van der Waals surface area (Å²) < 4.78 is 48.0. The third-order valence-electron chi connectivity index (χ3n) is 3.16. The van der Waals surface area contributed by atoms with Crippen molar-refractivity contribution in [3.8, 4) is 0 Å². The first-order chi connectivity index (χ1) is 10.7. The molecule has 1 amide bonds. The van der Waals surface area contributed by atoms with E-state index in [2.05, 4.69) is 5.10 Å². The van der Waals surface area contributed by atoms with Crippen molar-refractivity contribution in [3.63, 3.8) is 0 Å². The van der Waals surface area contributed by atoms with Crippen LogP contribution >= 0.6 is 0 Å². The minimum atomic E-state index is -4.95. The van der Waals surface area contributed by atoms with Crippen LogP contribution in [0.4, 0.5) is 18.9 Å². The van der Waals surface area contributed by atoms with Crippen LogP contribution in [0.15, 0.2) is 6.20 Å². The second kappa shape index (κ2) is 6.50. The van der Waals surface area contributed by atoms with Crippen LogP contribution in [-0.2, 0) is 21.3 Å². The number of hydrogen-bond acceptors (Lipinski definition) is 6. The van der Waals surface area contributed by atoms with Crippen LogP contribution < -0.4 is 5.32 Å². The summed E-state index contributed by atoms with van der Waals surface area (Å²) >= 11 is 0. The van der Waals surface area contributed by atoms with E-state index in [1.54, 1.807) is 5.32 Å². The van der Waals surface area contributed by atoms with Gasteiger partial charge < -0.3 is 14.8 Å². The van der Waals surface area contributed by atoms with Crippen molar-refractivity contribution < 1.29 is 32.4 Å². The third kappa shape index (κ3) is 3.96. The average molecular weight is 338 g/mol. The molecule has 0 bridgehead atoms. The molecule has 0 atom stereocenters. The molecule has 9 nitrogen and oxygen atoms in total. The van der Waals surface area contributed by atoms with E-state index in [0.717, 1.165) is 6.20 Å². The number of rotatable bonds is 4. The zero-order valence-electron chi connectivity index (χ0n) is 11.9. The lowest BCUT2D eigenvalue weighted by molar-refractivity contribution is -0.387. The Morgan fingerprint density at radius 1 is 1.52 bits per heavy atom. The Bertz CT molecular complexity index is 595. The maximum Gasteiger partial charge on any atom is 0.471 e. The number of carbonyl (C=O) groups is 1. The Kier molecular flexibility index (Phi) is 4.85. The molecule has 2 heterocycles. The van der Waals surface area contributed by atoms with Gasteiger partial charge in [-0.05, 0) is 0 Å². The first kappa shape index (κ1) is 17.1. The Balaban J connectivity index is 1.91. The average Bonchev–Trinajstić information content (AvgIpc) is 2.86. The lowest BCUT2D eigenvalue weighted by Gasteiger charge is -2.29. The quantitative estimate of drug-likeness (QED) is 0.638. The van der Waals surface area contributed by atoms with Crippen LogP contribution in [0.3, 0.4) is 0 Å². The number of halogens is 3. The van der Waals surface area contributed by atoms with Gasteiger partial charge in [-0.3, -0.25) is 19.6 Å². The fourth-order valence-corrected chi connectivity index (χ4v) is 2.01. The highest BCUT2D eigenvalue weighted by molar-refractivity contribution is 5.81. The zero-order chi connectivity index (χ0) is 17.2. The Morgan fingerprint density at radius 2 is 2.13 bits per heavy atom. The van der Waals surface area contributed by atoms with Gasteiger partial charge in [-0.2, -0.15) is 18.3 Å². The minimum absolute atomic E-state index is 0.0227. The van der Waals surface area contributed by atoms with Crippen LogP contribution in [0.5, 0.6) is 0 Å². The van der Waals surface area contributed by atoms with Gasteiger partial charge in [-0.25, -0.2) is 0 Å². The summed E-state index contributed by atoms with van der Waals surface area (Å²) in [5.74, 6) is -2.54. The topological polar surface area (TPSA) is 109 Å². The lowest BCUT2D eigenvalue weighted by Crippen LogP contribution is -2.42. The van der Waals surface area contributed by atoms with Crippen molar-refractivity contribution in [2.75, 3.05) is 19.8 Å². The van der Waals surface area contributed by atoms with Crippen molar-refractivity contribution in [3.05, 3.63) is 22.0 Å². The Hall–Kier alpha value is -2.21. The second-order valence-electron chi connectivity index (χ2n) is 4.87. The number of ether oxygens (including phenoxy) is 2. The number of nitrogens with one attached hydrogen (secondary N) is 1. The highest BCUT2D eigenvalue weighted by atomic mass is 19.4. The molecule has 1 aromatic rings. The van der Waals surface area contributed by atoms with E-state index in [1.165, 1.54) is 11.7 Å². The first-order valence-electron chi connectivity index (χ1n) is 6.44. The third-order valence-corrected chi connectivity index (χ3v) is 3.16. The molecule has 128 valence electrons. The number of aromatic nitrogens is 2. The van der Waals surface area contributed by atoms with E-state index >= 15 is 0 Å². The molecule has 0 aromatic carbocycles. The molecule has 0 radical (unpaired) electrons. The summed E-state index contributed by atoms with van der Waals surface area (Å²) in [5, 5.41) is 16.4.